The fourth-order valence-electron chi connectivity index (χ4n) is 6.60. The summed E-state index contributed by atoms with van der Waals surface area (Å²) in [5.41, 5.74) is -0.0939. The van der Waals surface area contributed by atoms with E-state index in [0.29, 0.717) is 30.2 Å². The minimum atomic E-state index is -0.913. The summed E-state index contributed by atoms with van der Waals surface area (Å²) in [5, 5.41) is 1.94. The van der Waals surface area contributed by atoms with Crippen molar-refractivity contribution in [3.63, 3.8) is 0 Å². The van der Waals surface area contributed by atoms with E-state index in [2.05, 4.69) is 10.2 Å². The van der Waals surface area contributed by atoms with Gasteiger partial charge in [-0.05, 0) is 48.7 Å². The van der Waals surface area contributed by atoms with Crippen LogP contribution in [0.15, 0.2) is 46.1 Å². The van der Waals surface area contributed by atoms with Crippen LogP contribution in [-0.2, 0) is 25.3 Å². The third-order valence-electron chi connectivity index (χ3n) is 9.17. The van der Waals surface area contributed by atoms with Crippen LogP contribution in [0.1, 0.15) is 40.9 Å². The number of methoxy groups -OCH3 is 1. The predicted molar refractivity (Wildman–Crippen MR) is 181 cm³/mol. The number of nitrogens with zero attached hydrogens (tertiary/aromatic N) is 5. The second-order valence-corrected chi connectivity index (χ2v) is 12.8. The fraction of sp³-hybridized carbons (Fsp3) is 0.324. The molecular formula is C34H32Cl2F2N6O5. The van der Waals surface area contributed by atoms with E-state index in [1.165, 1.54) is 33.3 Å². The Morgan fingerprint density at radius 3 is 2.29 bits per heavy atom. The van der Waals surface area contributed by atoms with Crippen molar-refractivity contribution in [2.45, 2.75) is 25.8 Å². The Kier molecular flexibility index (Phi) is 9.36. The van der Waals surface area contributed by atoms with E-state index in [9.17, 15) is 19.2 Å². The number of fused-ring (bicyclic) bond motifs is 1. The maximum Gasteiger partial charge on any atom is 0.330 e. The molecule has 1 saturated heterocycles. The molecule has 0 bridgehead atoms. The molecule has 2 amide bonds. The van der Waals surface area contributed by atoms with Crippen LogP contribution in [0.4, 0.5) is 14.5 Å². The Labute approximate surface area is 289 Å². The summed E-state index contributed by atoms with van der Waals surface area (Å²) in [6.45, 7) is 4.28. The summed E-state index contributed by atoms with van der Waals surface area (Å²) in [4.78, 5) is 58.5. The average Bonchev–Trinajstić information content (AvgIpc) is 3.52. The number of pyridine rings is 1. The van der Waals surface area contributed by atoms with E-state index in [0.717, 1.165) is 64.5 Å². The molecule has 0 saturated carbocycles. The molecule has 6 rings (SSSR count). The van der Waals surface area contributed by atoms with Gasteiger partial charge in [-0.1, -0.05) is 23.2 Å². The van der Waals surface area contributed by atoms with E-state index in [-0.39, 0.29) is 38.8 Å². The normalized spacial score (nSPS) is 16.1. The number of hydrogen-bond donors (Lipinski definition) is 1. The van der Waals surface area contributed by atoms with Crippen LogP contribution in [0.5, 0.6) is 5.88 Å². The number of hydrogen-bond acceptors (Lipinski definition) is 7. The standard InChI is InChI=1S/C34H32Cl2F2N6O5/c1-17(45)43-11-13-44(14-12-43)25-10-5-18-15-24(40-32(49-4)26(18)25)19-6-7-21(37)27(29(19)35)28-22(38)8-9-23(30(28)36)39-31(46)20-16-41(2)34(48)42(3)33(20)47/h6-9,15-16,25H,5,10-14H2,1-4H3,(H,39,46)/t25-/m0/s1. The molecule has 1 atom stereocenters. The molecule has 1 N–H and O–H groups in total. The van der Waals surface area contributed by atoms with Crippen LogP contribution < -0.4 is 21.3 Å². The largest absolute Gasteiger partial charge is 0.481 e. The maximum atomic E-state index is 15.6. The van der Waals surface area contributed by atoms with Gasteiger partial charge in [0, 0.05) is 81.7 Å². The van der Waals surface area contributed by atoms with Crippen LogP contribution in [0.3, 0.4) is 0 Å². The molecule has 2 aromatic heterocycles. The number of amides is 2. The molecule has 1 aliphatic heterocycles. The fourth-order valence-corrected chi connectivity index (χ4v) is 7.24. The molecule has 2 aromatic carbocycles. The third-order valence-corrected chi connectivity index (χ3v) is 9.96. The number of rotatable bonds is 6. The van der Waals surface area contributed by atoms with Gasteiger partial charge in [-0.15, -0.1) is 0 Å². The molecule has 15 heteroatoms. The van der Waals surface area contributed by atoms with Crippen LogP contribution in [0, 0.1) is 11.6 Å². The second-order valence-electron chi connectivity index (χ2n) is 12.0. The zero-order valence-electron chi connectivity index (χ0n) is 27.1. The first-order chi connectivity index (χ1) is 23.3. The van der Waals surface area contributed by atoms with Crippen molar-refractivity contribution < 1.29 is 23.1 Å². The second kappa shape index (κ2) is 13.4. The number of halogens is 4. The first kappa shape index (κ1) is 34.3. The van der Waals surface area contributed by atoms with E-state index >= 15 is 8.78 Å². The zero-order chi connectivity index (χ0) is 35.3. The molecule has 0 radical (unpaired) electrons. The highest BCUT2D eigenvalue weighted by atomic mass is 35.5. The van der Waals surface area contributed by atoms with Gasteiger partial charge in [0.1, 0.15) is 17.2 Å². The number of carbonyl (C=O) groups is 2. The summed E-state index contributed by atoms with van der Waals surface area (Å²) in [6, 6.07) is 6.65. The first-order valence-electron chi connectivity index (χ1n) is 15.4. The van der Waals surface area contributed by atoms with Crippen molar-refractivity contribution in [3.05, 3.63) is 95.7 Å². The van der Waals surface area contributed by atoms with Gasteiger partial charge in [-0.2, -0.15) is 0 Å². The van der Waals surface area contributed by atoms with Gasteiger partial charge in [0.15, 0.2) is 0 Å². The average molecular weight is 714 g/mol. The minimum absolute atomic E-state index is 0.0478. The Morgan fingerprint density at radius 1 is 0.980 bits per heavy atom. The molecular weight excluding hydrogens is 681 g/mol. The van der Waals surface area contributed by atoms with Gasteiger partial charge >= 0.3 is 5.69 Å². The lowest BCUT2D eigenvalue weighted by Crippen LogP contribution is -2.48. The van der Waals surface area contributed by atoms with Crippen LogP contribution in [-0.4, -0.2) is 69.0 Å². The van der Waals surface area contributed by atoms with Gasteiger partial charge < -0.3 is 19.5 Å². The zero-order valence-corrected chi connectivity index (χ0v) is 28.6. The van der Waals surface area contributed by atoms with Crippen LogP contribution in [0.2, 0.25) is 10.0 Å². The number of aryl methyl sites for hydroxylation is 2. The lowest BCUT2D eigenvalue weighted by Gasteiger charge is -2.38. The molecule has 0 spiro atoms. The van der Waals surface area contributed by atoms with Gasteiger partial charge in [0.25, 0.3) is 11.5 Å². The molecule has 3 heterocycles. The summed E-state index contributed by atoms with van der Waals surface area (Å²) in [6.07, 6.45) is 2.63. The molecule has 2 aliphatic rings. The minimum Gasteiger partial charge on any atom is -0.481 e. The first-order valence-corrected chi connectivity index (χ1v) is 16.2. The van der Waals surface area contributed by atoms with Gasteiger partial charge in [-0.25, -0.2) is 18.6 Å². The van der Waals surface area contributed by atoms with E-state index in [1.54, 1.807) is 6.92 Å². The maximum absolute atomic E-state index is 15.6. The molecule has 4 aromatic rings. The number of nitrogens with one attached hydrogen (secondary N) is 1. The van der Waals surface area contributed by atoms with E-state index in [4.69, 9.17) is 32.9 Å². The van der Waals surface area contributed by atoms with Gasteiger partial charge in [-0.3, -0.25) is 23.9 Å². The molecule has 1 fully saturated rings. The van der Waals surface area contributed by atoms with Gasteiger partial charge in [0.05, 0.1) is 28.5 Å². The number of anilines is 1. The number of ether oxygens (including phenoxy) is 1. The van der Waals surface area contributed by atoms with E-state index in [1.807, 2.05) is 11.0 Å². The Bertz CT molecular complexity index is 2150. The molecule has 1 aliphatic carbocycles. The number of carbonyl (C=O) groups excluding carboxylic acids is 2. The quantitative estimate of drug-likeness (QED) is 0.305. The lowest BCUT2D eigenvalue weighted by atomic mass is 9.98. The number of benzene rings is 2. The number of aromatic nitrogens is 3. The van der Waals surface area contributed by atoms with Crippen LogP contribution in [0.25, 0.3) is 22.4 Å². The van der Waals surface area contributed by atoms with E-state index < -0.39 is 34.4 Å². The Morgan fingerprint density at radius 2 is 1.63 bits per heavy atom. The Hall–Kier alpha value is -4.59. The molecule has 11 nitrogen and oxygen atoms in total. The highest BCUT2D eigenvalue weighted by Crippen LogP contribution is 2.47. The van der Waals surface area contributed by atoms with Crippen molar-refractivity contribution in [1.29, 1.82) is 0 Å². The van der Waals surface area contributed by atoms with Gasteiger partial charge in [0.2, 0.25) is 11.8 Å². The van der Waals surface area contributed by atoms with Crippen molar-refractivity contribution in [1.82, 2.24) is 23.9 Å². The lowest BCUT2D eigenvalue weighted by molar-refractivity contribution is -0.130. The molecule has 256 valence electrons. The topological polar surface area (TPSA) is 119 Å². The third kappa shape index (κ3) is 6.11. The summed E-state index contributed by atoms with van der Waals surface area (Å²) in [7, 11) is 4.12. The molecule has 0 unspecified atom stereocenters. The summed E-state index contributed by atoms with van der Waals surface area (Å²) < 4.78 is 38.7. The van der Waals surface area contributed by atoms with Crippen molar-refractivity contribution >= 4 is 40.7 Å². The van der Waals surface area contributed by atoms with Crippen LogP contribution >= 0.6 is 23.2 Å². The Balaban J connectivity index is 1.36. The highest BCUT2D eigenvalue weighted by Gasteiger charge is 2.35. The SMILES string of the molecule is COc1nc(-c2ccc(F)c(-c3c(F)ccc(NC(=O)c4cn(C)c(=O)n(C)c4=O)c3Cl)c2Cl)cc2c1[C@@H](N1CCN(C(C)=O)CC1)CC2. The monoisotopic (exact) mass is 712 g/mol. The van der Waals surface area contributed by atoms with Crippen molar-refractivity contribution in [2.24, 2.45) is 14.1 Å². The smallest absolute Gasteiger partial charge is 0.330 e. The van der Waals surface area contributed by atoms with Crippen molar-refractivity contribution in [3.8, 4) is 28.3 Å². The summed E-state index contributed by atoms with van der Waals surface area (Å²) in [5.74, 6) is -2.25. The summed E-state index contributed by atoms with van der Waals surface area (Å²) >= 11 is 13.4. The van der Waals surface area contributed by atoms with Crippen molar-refractivity contribution in [2.75, 3.05) is 38.6 Å². The predicted octanol–water partition coefficient (Wildman–Crippen LogP) is 4.81. The number of piperazine rings is 1. The molecule has 49 heavy (non-hydrogen) atoms. The highest BCUT2D eigenvalue weighted by molar-refractivity contribution is 6.39.